The third-order valence-corrected chi connectivity index (χ3v) is 4.95. The third-order valence-electron chi connectivity index (χ3n) is 2.68. The second-order valence-corrected chi connectivity index (χ2v) is 6.57. The van der Waals surface area contributed by atoms with Crippen LogP contribution in [0.15, 0.2) is 64.4 Å². The first-order chi connectivity index (χ1) is 8.66. The molecular formula is C14H13BrO2S. The highest BCUT2D eigenvalue weighted by Gasteiger charge is 2.19. The molecule has 0 aliphatic heterocycles. The Bertz CT molecular complexity index is 621. The molecule has 0 heterocycles. The lowest BCUT2D eigenvalue weighted by Crippen LogP contribution is -2.05. The van der Waals surface area contributed by atoms with Gasteiger partial charge in [0, 0.05) is 5.33 Å². The SMILES string of the molecule is O=S(=O)(c1ccccc1)c1ccccc1CCBr. The van der Waals surface area contributed by atoms with Crippen LogP contribution >= 0.6 is 15.9 Å². The second-order valence-electron chi connectivity index (χ2n) is 3.86. The molecule has 2 aromatic rings. The first kappa shape index (κ1) is 13.3. The van der Waals surface area contributed by atoms with Gasteiger partial charge in [-0.15, -0.1) is 0 Å². The van der Waals surface area contributed by atoms with Crippen molar-refractivity contribution in [3.8, 4) is 0 Å². The van der Waals surface area contributed by atoms with E-state index in [0.717, 1.165) is 10.9 Å². The molecule has 0 atom stereocenters. The lowest BCUT2D eigenvalue weighted by Gasteiger charge is -2.09. The smallest absolute Gasteiger partial charge is 0.206 e. The molecule has 0 aliphatic rings. The number of sulfone groups is 1. The largest absolute Gasteiger partial charge is 0.219 e. The fourth-order valence-electron chi connectivity index (χ4n) is 1.80. The Morgan fingerprint density at radius 3 is 2.17 bits per heavy atom. The Kier molecular flexibility index (Phi) is 4.19. The number of alkyl halides is 1. The van der Waals surface area contributed by atoms with Gasteiger partial charge in [-0.05, 0) is 30.2 Å². The van der Waals surface area contributed by atoms with E-state index in [1.54, 1.807) is 36.4 Å². The van der Waals surface area contributed by atoms with E-state index in [1.807, 2.05) is 18.2 Å². The summed E-state index contributed by atoms with van der Waals surface area (Å²) >= 11 is 3.35. The van der Waals surface area contributed by atoms with Gasteiger partial charge in [0.05, 0.1) is 9.79 Å². The van der Waals surface area contributed by atoms with Crippen LogP contribution in [0.25, 0.3) is 0 Å². The summed E-state index contributed by atoms with van der Waals surface area (Å²) in [5, 5.41) is 0.744. The molecule has 0 aliphatic carbocycles. The van der Waals surface area contributed by atoms with Crippen molar-refractivity contribution in [3.05, 3.63) is 60.2 Å². The van der Waals surface area contributed by atoms with Crippen LogP contribution < -0.4 is 0 Å². The highest BCUT2D eigenvalue weighted by Crippen LogP contribution is 2.24. The maximum atomic E-state index is 12.5. The van der Waals surface area contributed by atoms with Crippen LogP contribution in [0.5, 0.6) is 0 Å². The van der Waals surface area contributed by atoms with Crippen molar-refractivity contribution < 1.29 is 8.42 Å². The van der Waals surface area contributed by atoms with Crippen LogP contribution in [-0.2, 0) is 16.3 Å². The zero-order valence-electron chi connectivity index (χ0n) is 9.71. The predicted molar refractivity (Wildman–Crippen MR) is 75.8 cm³/mol. The standard InChI is InChI=1S/C14H13BrO2S/c15-11-10-12-6-4-5-9-14(12)18(16,17)13-7-2-1-3-8-13/h1-9H,10-11H2. The fourth-order valence-corrected chi connectivity index (χ4v) is 3.77. The average molecular weight is 325 g/mol. The minimum absolute atomic E-state index is 0.340. The maximum absolute atomic E-state index is 12.5. The molecule has 0 aromatic heterocycles. The van der Waals surface area contributed by atoms with Gasteiger partial charge in [-0.3, -0.25) is 0 Å². The van der Waals surface area contributed by atoms with Crippen LogP contribution in [0.3, 0.4) is 0 Å². The van der Waals surface area contributed by atoms with Gasteiger partial charge in [-0.2, -0.15) is 0 Å². The van der Waals surface area contributed by atoms with Gasteiger partial charge in [-0.1, -0.05) is 52.3 Å². The molecule has 0 saturated carbocycles. The van der Waals surface area contributed by atoms with Gasteiger partial charge < -0.3 is 0 Å². The summed E-state index contributed by atoms with van der Waals surface area (Å²) < 4.78 is 25.0. The zero-order chi connectivity index (χ0) is 13.0. The van der Waals surface area contributed by atoms with Crippen LogP contribution in [-0.4, -0.2) is 13.7 Å². The number of halogens is 1. The van der Waals surface area contributed by atoms with Gasteiger partial charge in [-0.25, -0.2) is 8.42 Å². The molecule has 0 bridgehead atoms. The Hall–Kier alpha value is -1.13. The summed E-state index contributed by atoms with van der Waals surface area (Å²) in [5.74, 6) is 0. The van der Waals surface area contributed by atoms with Gasteiger partial charge in [0.2, 0.25) is 9.84 Å². The van der Waals surface area contributed by atoms with Gasteiger partial charge in [0.25, 0.3) is 0 Å². The van der Waals surface area contributed by atoms with E-state index in [1.165, 1.54) is 0 Å². The van der Waals surface area contributed by atoms with E-state index in [9.17, 15) is 8.42 Å². The maximum Gasteiger partial charge on any atom is 0.206 e. The van der Waals surface area contributed by atoms with E-state index < -0.39 is 9.84 Å². The number of hydrogen-bond acceptors (Lipinski definition) is 2. The monoisotopic (exact) mass is 324 g/mol. The quantitative estimate of drug-likeness (QED) is 0.807. The second kappa shape index (κ2) is 5.67. The van der Waals surface area contributed by atoms with E-state index in [4.69, 9.17) is 0 Å². The minimum atomic E-state index is -3.41. The predicted octanol–water partition coefficient (Wildman–Crippen LogP) is 3.46. The van der Waals surface area contributed by atoms with Crippen LogP contribution in [0, 0.1) is 0 Å². The first-order valence-electron chi connectivity index (χ1n) is 5.60. The van der Waals surface area contributed by atoms with Crippen molar-refractivity contribution in [3.63, 3.8) is 0 Å². The number of hydrogen-bond donors (Lipinski definition) is 0. The van der Waals surface area contributed by atoms with Gasteiger partial charge in [0.15, 0.2) is 0 Å². The summed E-state index contributed by atoms with van der Waals surface area (Å²) in [4.78, 5) is 0.739. The highest BCUT2D eigenvalue weighted by molar-refractivity contribution is 9.09. The van der Waals surface area contributed by atoms with Crippen LogP contribution in [0.1, 0.15) is 5.56 Å². The lowest BCUT2D eigenvalue weighted by atomic mass is 10.2. The van der Waals surface area contributed by atoms with E-state index >= 15 is 0 Å². The van der Waals surface area contributed by atoms with Gasteiger partial charge in [0.1, 0.15) is 0 Å². The average Bonchev–Trinajstić information content (AvgIpc) is 2.41. The summed E-state index contributed by atoms with van der Waals surface area (Å²) in [6.07, 6.45) is 0.697. The topological polar surface area (TPSA) is 34.1 Å². The molecule has 0 unspecified atom stereocenters. The molecule has 2 rings (SSSR count). The highest BCUT2D eigenvalue weighted by atomic mass is 79.9. The van der Waals surface area contributed by atoms with Gasteiger partial charge >= 0.3 is 0 Å². The molecule has 4 heteroatoms. The van der Waals surface area contributed by atoms with Crippen LogP contribution in [0.2, 0.25) is 0 Å². The molecule has 2 nitrogen and oxygen atoms in total. The Labute approximate surface area is 116 Å². The molecule has 0 radical (unpaired) electrons. The minimum Gasteiger partial charge on any atom is -0.219 e. The Morgan fingerprint density at radius 1 is 0.889 bits per heavy atom. The number of aryl methyl sites for hydroxylation is 1. The van der Waals surface area contributed by atoms with Crippen molar-refractivity contribution in [1.82, 2.24) is 0 Å². The van der Waals surface area contributed by atoms with Crippen molar-refractivity contribution in [2.24, 2.45) is 0 Å². The van der Waals surface area contributed by atoms with Crippen molar-refractivity contribution >= 4 is 25.8 Å². The first-order valence-corrected chi connectivity index (χ1v) is 8.21. The zero-order valence-corrected chi connectivity index (χ0v) is 12.1. The van der Waals surface area contributed by atoms with Crippen LogP contribution in [0.4, 0.5) is 0 Å². The number of rotatable bonds is 4. The van der Waals surface area contributed by atoms with E-state index in [0.29, 0.717) is 16.2 Å². The molecule has 2 aromatic carbocycles. The molecule has 0 amide bonds. The normalized spacial score (nSPS) is 11.4. The van der Waals surface area contributed by atoms with Crippen molar-refractivity contribution in [2.75, 3.05) is 5.33 Å². The summed E-state index contributed by atoms with van der Waals surface area (Å²) in [6.45, 7) is 0. The summed E-state index contributed by atoms with van der Waals surface area (Å²) in [7, 11) is -3.41. The molecule has 0 saturated heterocycles. The van der Waals surface area contributed by atoms with Crippen molar-refractivity contribution in [2.45, 2.75) is 16.2 Å². The third kappa shape index (κ3) is 2.65. The molecule has 0 spiro atoms. The number of benzene rings is 2. The summed E-state index contributed by atoms with van der Waals surface area (Å²) in [5.41, 5.74) is 0.846. The fraction of sp³-hybridized carbons (Fsp3) is 0.143. The van der Waals surface area contributed by atoms with Crippen molar-refractivity contribution in [1.29, 1.82) is 0 Å². The molecule has 18 heavy (non-hydrogen) atoms. The van der Waals surface area contributed by atoms with E-state index in [-0.39, 0.29) is 0 Å². The molecule has 0 N–H and O–H groups in total. The molecule has 94 valence electrons. The Morgan fingerprint density at radius 2 is 1.50 bits per heavy atom. The lowest BCUT2D eigenvalue weighted by molar-refractivity contribution is 0.595. The molecular weight excluding hydrogens is 312 g/mol. The Balaban J connectivity index is 2.55. The summed E-state index contributed by atoms with van der Waals surface area (Å²) in [6, 6.07) is 15.7. The molecule has 0 fully saturated rings. The van der Waals surface area contributed by atoms with E-state index in [2.05, 4.69) is 15.9 Å².